The molecule has 30 valence electrons. The summed E-state index contributed by atoms with van der Waals surface area (Å²) >= 11 is 2.47. The molecule has 0 aromatic carbocycles. The van der Waals surface area contributed by atoms with Crippen molar-refractivity contribution in [2.75, 3.05) is 0 Å². The molecule has 0 fully saturated rings. The molecule has 0 aliphatic rings. The van der Waals surface area contributed by atoms with Crippen molar-refractivity contribution in [2.45, 2.75) is 0 Å². The molecule has 0 unspecified atom stereocenters. The summed E-state index contributed by atoms with van der Waals surface area (Å²) in [6.07, 6.45) is 0.411. The zero-order chi connectivity index (χ0) is 4.12. The molecular weight excluding hydrogens is 138 g/mol. The molecule has 0 atom stereocenters. The Morgan fingerprint density at radius 2 is 2.60 bits per heavy atom. The third-order valence-electron chi connectivity index (χ3n) is 0.0927. The van der Waals surface area contributed by atoms with Crippen molar-refractivity contribution in [1.82, 2.24) is 5.48 Å². The van der Waals surface area contributed by atoms with Gasteiger partial charge in [0.1, 0.15) is 16.3 Å². The van der Waals surface area contributed by atoms with E-state index in [1.165, 1.54) is 0 Å². The molecule has 0 rings (SSSR count). The molecule has 0 bridgehead atoms. The summed E-state index contributed by atoms with van der Waals surface area (Å²) in [5.41, 5.74) is 1.85. The van der Waals surface area contributed by atoms with Gasteiger partial charge in [-0.25, -0.2) is 5.48 Å². The molecule has 1 amide bonds. The van der Waals surface area contributed by atoms with E-state index < -0.39 is 0 Å². The van der Waals surface area contributed by atoms with Crippen LogP contribution in [0.5, 0.6) is 0 Å². The Morgan fingerprint density at radius 1 is 2.00 bits per heavy atom. The zero-order valence-corrected chi connectivity index (χ0v) is 3.86. The average Bonchev–Trinajstić information content (AvgIpc) is 1.41. The first-order chi connectivity index (χ1) is 2.41. The maximum Gasteiger partial charge on any atom is 0.231 e. The number of carbonyl (C=O) groups is 1. The van der Waals surface area contributed by atoms with E-state index in [1.807, 2.05) is 5.48 Å². The second-order valence-electron chi connectivity index (χ2n) is 0.313. The standard InChI is InChI=1S/CH2BrNO2/c2-5-3-1-4/h1H,(H,3,4). The van der Waals surface area contributed by atoms with E-state index >= 15 is 0 Å². The first-order valence-electron chi connectivity index (χ1n) is 0.883. The largest absolute Gasteiger partial charge is 0.277 e. The SMILES string of the molecule is O=CNOBr. The predicted molar refractivity (Wildman–Crippen MR) is 19.2 cm³/mol. The normalized spacial score (nSPS) is 6.60. The van der Waals surface area contributed by atoms with Gasteiger partial charge in [0.2, 0.25) is 6.41 Å². The molecule has 0 spiro atoms. The number of hydrogen-bond donors (Lipinski definition) is 1. The lowest BCUT2D eigenvalue weighted by Crippen LogP contribution is -2.02. The third kappa shape index (κ3) is 3.91. The fourth-order valence-corrected chi connectivity index (χ4v) is 0.0945. The van der Waals surface area contributed by atoms with Gasteiger partial charge in [-0.2, -0.15) is 3.93 Å². The smallest absolute Gasteiger partial charge is 0.231 e. The van der Waals surface area contributed by atoms with Crippen molar-refractivity contribution in [2.24, 2.45) is 0 Å². The molecule has 0 aromatic heterocycles. The van der Waals surface area contributed by atoms with Gasteiger partial charge >= 0.3 is 0 Å². The van der Waals surface area contributed by atoms with Crippen LogP contribution in [0, 0.1) is 0 Å². The molecule has 3 nitrogen and oxygen atoms in total. The van der Waals surface area contributed by atoms with Crippen molar-refractivity contribution in [3.63, 3.8) is 0 Å². The first-order valence-corrected chi connectivity index (χ1v) is 1.53. The summed E-state index contributed by atoms with van der Waals surface area (Å²) < 4.78 is 3.89. The maximum absolute atomic E-state index is 9.14. The highest BCUT2D eigenvalue weighted by Crippen LogP contribution is 1.68. The molecule has 0 heterocycles. The second kappa shape index (κ2) is 3.91. The van der Waals surface area contributed by atoms with Crippen LogP contribution in [0.25, 0.3) is 0 Å². The Kier molecular flexibility index (Phi) is 3.84. The summed E-state index contributed by atoms with van der Waals surface area (Å²) in [4.78, 5) is 9.14. The van der Waals surface area contributed by atoms with E-state index in [0.29, 0.717) is 6.41 Å². The third-order valence-corrected chi connectivity index (χ3v) is 0.280. The first kappa shape index (κ1) is 4.91. The average molecular weight is 140 g/mol. The van der Waals surface area contributed by atoms with Gasteiger partial charge < -0.3 is 0 Å². The highest BCUT2D eigenvalue weighted by atomic mass is 79.9. The van der Waals surface area contributed by atoms with Gasteiger partial charge in [0.15, 0.2) is 0 Å². The number of halogens is 1. The van der Waals surface area contributed by atoms with E-state index in [0.717, 1.165) is 0 Å². The lowest BCUT2D eigenvalue weighted by molar-refractivity contribution is -0.114. The quantitative estimate of drug-likeness (QED) is 0.432. The highest BCUT2D eigenvalue weighted by Gasteiger charge is 1.60. The van der Waals surface area contributed by atoms with E-state index in [9.17, 15) is 0 Å². The van der Waals surface area contributed by atoms with Crippen LogP contribution in [0.15, 0.2) is 0 Å². The molecule has 1 N–H and O–H groups in total. The second-order valence-corrected chi connectivity index (χ2v) is 0.637. The van der Waals surface area contributed by atoms with Crippen LogP contribution >= 0.6 is 16.3 Å². The van der Waals surface area contributed by atoms with Gasteiger partial charge in [-0.1, -0.05) is 0 Å². The molecule has 4 heteroatoms. The van der Waals surface area contributed by atoms with Gasteiger partial charge in [0.05, 0.1) is 0 Å². The minimum Gasteiger partial charge on any atom is -0.277 e. The molecule has 0 aliphatic heterocycles. The summed E-state index contributed by atoms with van der Waals surface area (Å²) in [5, 5.41) is 0. The summed E-state index contributed by atoms with van der Waals surface area (Å²) in [7, 11) is 0. The fourth-order valence-electron chi connectivity index (χ4n) is 0.0182. The summed E-state index contributed by atoms with van der Waals surface area (Å²) in [6, 6.07) is 0. The Hall–Kier alpha value is -0.0900. The number of hydroxylamine groups is 1. The van der Waals surface area contributed by atoms with Gasteiger partial charge in [-0.3, -0.25) is 4.79 Å². The molecule has 5 heavy (non-hydrogen) atoms. The van der Waals surface area contributed by atoms with Gasteiger partial charge in [0.25, 0.3) is 0 Å². The van der Waals surface area contributed by atoms with E-state index in [4.69, 9.17) is 4.79 Å². The molecule has 0 aromatic rings. The monoisotopic (exact) mass is 139 g/mol. The van der Waals surface area contributed by atoms with Crippen molar-refractivity contribution in [1.29, 1.82) is 0 Å². The maximum atomic E-state index is 9.14. The van der Waals surface area contributed by atoms with Crippen LogP contribution in [0.1, 0.15) is 0 Å². The molecule has 0 radical (unpaired) electrons. The van der Waals surface area contributed by atoms with E-state index in [2.05, 4.69) is 20.2 Å². The Labute approximate surface area is 37.7 Å². The Balaban J connectivity index is 2.40. The van der Waals surface area contributed by atoms with Crippen LogP contribution in [0.4, 0.5) is 0 Å². The number of hydrogen-bond acceptors (Lipinski definition) is 2. The van der Waals surface area contributed by atoms with Crippen LogP contribution in [-0.2, 0) is 8.72 Å². The predicted octanol–water partition coefficient (Wildman–Crippen LogP) is -0.0261. The number of nitrogens with one attached hydrogen (secondary N) is 1. The number of carbonyl (C=O) groups excluding carboxylic acids is 1. The van der Waals surface area contributed by atoms with Gasteiger partial charge in [0, 0.05) is 0 Å². The molecule has 0 saturated carbocycles. The number of rotatable bonds is 2. The van der Waals surface area contributed by atoms with Crippen molar-refractivity contribution < 1.29 is 8.72 Å². The molecule has 0 saturated heterocycles. The molecule has 0 aliphatic carbocycles. The van der Waals surface area contributed by atoms with Crippen molar-refractivity contribution in [3.8, 4) is 0 Å². The van der Waals surface area contributed by atoms with Gasteiger partial charge in [-0.05, 0) is 0 Å². The Morgan fingerprint density at radius 3 is 2.60 bits per heavy atom. The minimum atomic E-state index is 0.411. The lowest BCUT2D eigenvalue weighted by atomic mass is 11.5. The highest BCUT2D eigenvalue weighted by molar-refractivity contribution is 9.05. The van der Waals surface area contributed by atoms with Crippen molar-refractivity contribution in [3.05, 3.63) is 0 Å². The topological polar surface area (TPSA) is 38.3 Å². The summed E-state index contributed by atoms with van der Waals surface area (Å²) in [6.45, 7) is 0. The lowest BCUT2D eigenvalue weighted by Gasteiger charge is -1.77. The van der Waals surface area contributed by atoms with Gasteiger partial charge in [-0.15, -0.1) is 0 Å². The molecular formula is CH2BrNO2. The minimum absolute atomic E-state index is 0.411. The number of amides is 1. The van der Waals surface area contributed by atoms with E-state index in [1.54, 1.807) is 0 Å². The van der Waals surface area contributed by atoms with E-state index in [-0.39, 0.29) is 0 Å². The van der Waals surface area contributed by atoms with Crippen LogP contribution < -0.4 is 5.48 Å². The van der Waals surface area contributed by atoms with Crippen LogP contribution in [0.2, 0.25) is 0 Å². The summed E-state index contributed by atoms with van der Waals surface area (Å²) in [5.74, 6) is 0. The van der Waals surface area contributed by atoms with Crippen LogP contribution in [-0.4, -0.2) is 6.41 Å². The fraction of sp³-hybridized carbons (Fsp3) is 0. The Bertz CT molecular complexity index is 30.8. The zero-order valence-electron chi connectivity index (χ0n) is 2.27. The van der Waals surface area contributed by atoms with Crippen LogP contribution in [0.3, 0.4) is 0 Å². The van der Waals surface area contributed by atoms with Crippen molar-refractivity contribution >= 4 is 22.7 Å².